The smallest absolute Gasteiger partial charge is 0.196 e. The fraction of sp³-hybridized carbons (Fsp3) is 0.222. The first-order valence-electron chi connectivity index (χ1n) is 10.9. The normalized spacial score (nSPS) is 11.4. The number of methoxy groups -OCH3 is 1. The van der Waals surface area contributed by atoms with Gasteiger partial charge in [-0.1, -0.05) is 80.5 Å². The summed E-state index contributed by atoms with van der Waals surface area (Å²) in [6, 6.07) is 23.1. The van der Waals surface area contributed by atoms with Gasteiger partial charge < -0.3 is 4.74 Å². The summed E-state index contributed by atoms with van der Waals surface area (Å²) < 4.78 is 7.28. The van der Waals surface area contributed by atoms with Crippen molar-refractivity contribution in [2.45, 2.75) is 31.3 Å². The number of aromatic nitrogens is 3. The Bertz CT molecular complexity index is 1290. The Morgan fingerprint density at radius 2 is 1.65 bits per heavy atom. The van der Waals surface area contributed by atoms with Gasteiger partial charge in [-0.05, 0) is 47.4 Å². The number of rotatable bonds is 7. The molecule has 0 spiro atoms. The summed E-state index contributed by atoms with van der Waals surface area (Å²) in [4.78, 5) is 12.8. The second kappa shape index (κ2) is 10.0. The van der Waals surface area contributed by atoms with Crippen molar-refractivity contribution < 1.29 is 9.53 Å². The summed E-state index contributed by atoms with van der Waals surface area (Å²) in [6.45, 7) is 6.56. The zero-order valence-corrected chi connectivity index (χ0v) is 21.2. The topological polar surface area (TPSA) is 57.0 Å². The van der Waals surface area contributed by atoms with E-state index in [1.165, 1.54) is 17.3 Å². The van der Waals surface area contributed by atoms with Crippen LogP contribution in [0.1, 0.15) is 36.7 Å². The highest BCUT2D eigenvalue weighted by molar-refractivity contribution is 7.99. The van der Waals surface area contributed by atoms with Crippen molar-refractivity contribution in [1.29, 1.82) is 0 Å². The van der Waals surface area contributed by atoms with Crippen LogP contribution < -0.4 is 4.74 Å². The molecule has 0 saturated heterocycles. The number of Topliss-reactive ketones (excluding diaryl/α,β-unsaturated/α-hetero) is 1. The van der Waals surface area contributed by atoms with Gasteiger partial charge in [-0.25, -0.2) is 0 Å². The maximum absolute atomic E-state index is 12.8. The lowest BCUT2D eigenvalue weighted by Crippen LogP contribution is -2.10. The summed E-state index contributed by atoms with van der Waals surface area (Å²) in [6.07, 6.45) is 0. The first-order valence-corrected chi connectivity index (χ1v) is 12.3. The molecular formula is C27H26ClN3O2S. The Kier molecular flexibility index (Phi) is 7.10. The molecule has 4 rings (SSSR count). The number of nitrogens with zero attached hydrogens (tertiary/aromatic N) is 3. The largest absolute Gasteiger partial charge is 0.497 e. The SMILES string of the molecule is COc1ccc(-n2c(SCC(=O)c3ccccc3Cl)nnc2-c2ccc(C(C)(C)C)cc2)cc1. The Morgan fingerprint density at radius 1 is 0.971 bits per heavy atom. The van der Waals surface area contributed by atoms with E-state index in [9.17, 15) is 4.79 Å². The molecule has 0 N–H and O–H groups in total. The zero-order valence-electron chi connectivity index (χ0n) is 19.6. The predicted octanol–water partition coefficient (Wildman–Crippen LogP) is 6.87. The van der Waals surface area contributed by atoms with Crippen molar-refractivity contribution in [3.8, 4) is 22.8 Å². The van der Waals surface area contributed by atoms with E-state index in [0.29, 0.717) is 21.6 Å². The molecule has 1 aromatic heterocycles. The van der Waals surface area contributed by atoms with Gasteiger partial charge in [-0.3, -0.25) is 9.36 Å². The van der Waals surface area contributed by atoms with Crippen LogP contribution in [-0.4, -0.2) is 33.4 Å². The zero-order chi connectivity index (χ0) is 24.3. The third-order valence-corrected chi connectivity index (χ3v) is 6.74. The molecule has 0 saturated carbocycles. The molecule has 0 bridgehead atoms. The monoisotopic (exact) mass is 491 g/mol. The fourth-order valence-corrected chi connectivity index (χ4v) is 4.61. The number of halogens is 1. The lowest BCUT2D eigenvalue weighted by molar-refractivity contribution is 0.102. The molecule has 0 aliphatic heterocycles. The Balaban J connectivity index is 1.70. The van der Waals surface area contributed by atoms with Crippen LogP contribution in [0.2, 0.25) is 5.02 Å². The Morgan fingerprint density at radius 3 is 2.26 bits per heavy atom. The lowest BCUT2D eigenvalue weighted by atomic mass is 9.87. The van der Waals surface area contributed by atoms with Crippen molar-refractivity contribution >= 4 is 29.1 Å². The molecule has 5 nitrogen and oxygen atoms in total. The number of ketones is 1. The third kappa shape index (κ3) is 5.18. The number of hydrogen-bond donors (Lipinski definition) is 0. The van der Waals surface area contributed by atoms with Gasteiger partial charge in [-0.2, -0.15) is 0 Å². The van der Waals surface area contributed by atoms with Crippen LogP contribution in [-0.2, 0) is 5.41 Å². The van der Waals surface area contributed by atoms with Crippen molar-refractivity contribution in [3.63, 3.8) is 0 Å². The van der Waals surface area contributed by atoms with Crippen LogP contribution in [0.25, 0.3) is 17.1 Å². The second-order valence-corrected chi connectivity index (χ2v) is 10.2. The van der Waals surface area contributed by atoms with Gasteiger partial charge >= 0.3 is 0 Å². The molecule has 0 amide bonds. The molecule has 174 valence electrons. The van der Waals surface area contributed by atoms with Crippen LogP contribution in [0.4, 0.5) is 0 Å². The number of carbonyl (C=O) groups is 1. The standard InChI is InChI=1S/C27H26ClN3O2S/c1-27(2,3)19-11-9-18(10-12-19)25-29-30-26(31(25)20-13-15-21(33-4)16-14-20)34-17-24(32)22-7-5-6-8-23(22)28/h5-16H,17H2,1-4H3. The summed E-state index contributed by atoms with van der Waals surface area (Å²) in [5.74, 6) is 1.60. The Hall–Kier alpha value is -3.09. The average molecular weight is 492 g/mol. The van der Waals surface area contributed by atoms with Crippen LogP contribution in [0.5, 0.6) is 5.75 Å². The van der Waals surface area contributed by atoms with E-state index in [0.717, 1.165) is 17.0 Å². The van der Waals surface area contributed by atoms with Gasteiger partial charge in [0.2, 0.25) is 0 Å². The van der Waals surface area contributed by atoms with E-state index in [1.54, 1.807) is 19.2 Å². The molecule has 1 heterocycles. The fourth-order valence-electron chi connectivity index (χ4n) is 3.53. The van der Waals surface area contributed by atoms with Gasteiger partial charge in [0.25, 0.3) is 0 Å². The highest BCUT2D eigenvalue weighted by Crippen LogP contribution is 2.31. The first-order chi connectivity index (χ1) is 16.3. The molecule has 0 fully saturated rings. The summed E-state index contributed by atoms with van der Waals surface area (Å²) in [7, 11) is 1.64. The molecule has 0 aliphatic carbocycles. The molecule has 0 unspecified atom stereocenters. The van der Waals surface area contributed by atoms with Gasteiger partial charge in [0.05, 0.1) is 17.9 Å². The van der Waals surface area contributed by atoms with E-state index < -0.39 is 0 Å². The van der Waals surface area contributed by atoms with E-state index >= 15 is 0 Å². The van der Waals surface area contributed by atoms with Gasteiger partial charge in [0.1, 0.15) is 5.75 Å². The van der Waals surface area contributed by atoms with Gasteiger partial charge in [0, 0.05) is 16.8 Å². The van der Waals surface area contributed by atoms with Gasteiger partial charge in [-0.15, -0.1) is 10.2 Å². The second-order valence-electron chi connectivity index (χ2n) is 8.86. The summed E-state index contributed by atoms with van der Waals surface area (Å²) >= 11 is 7.55. The van der Waals surface area contributed by atoms with Crippen molar-refractivity contribution in [2.24, 2.45) is 0 Å². The minimum Gasteiger partial charge on any atom is -0.497 e. The van der Waals surface area contributed by atoms with Crippen molar-refractivity contribution in [1.82, 2.24) is 14.8 Å². The summed E-state index contributed by atoms with van der Waals surface area (Å²) in [5, 5.41) is 9.99. The first kappa shape index (κ1) is 24.0. The highest BCUT2D eigenvalue weighted by Gasteiger charge is 2.20. The molecule has 0 aliphatic rings. The maximum Gasteiger partial charge on any atom is 0.196 e. The number of ether oxygens (including phenoxy) is 1. The Labute approximate surface area is 209 Å². The van der Waals surface area contributed by atoms with E-state index in [1.807, 2.05) is 41.0 Å². The summed E-state index contributed by atoms with van der Waals surface area (Å²) in [5.41, 5.74) is 3.63. The van der Waals surface area contributed by atoms with E-state index in [4.69, 9.17) is 16.3 Å². The number of benzene rings is 3. The minimum absolute atomic E-state index is 0.0578. The lowest BCUT2D eigenvalue weighted by Gasteiger charge is -2.19. The van der Waals surface area contributed by atoms with Crippen LogP contribution >= 0.6 is 23.4 Å². The van der Waals surface area contributed by atoms with Crippen LogP contribution in [0.15, 0.2) is 78.0 Å². The van der Waals surface area contributed by atoms with Gasteiger partial charge in [0.15, 0.2) is 16.8 Å². The molecule has 0 radical (unpaired) electrons. The number of carbonyl (C=O) groups excluding carboxylic acids is 1. The molecule has 3 aromatic carbocycles. The number of hydrogen-bond acceptors (Lipinski definition) is 5. The van der Waals surface area contributed by atoms with Crippen molar-refractivity contribution in [3.05, 3.63) is 88.9 Å². The van der Waals surface area contributed by atoms with Crippen LogP contribution in [0, 0.1) is 0 Å². The highest BCUT2D eigenvalue weighted by atomic mass is 35.5. The molecule has 7 heteroatoms. The van der Waals surface area contributed by atoms with E-state index in [-0.39, 0.29) is 17.0 Å². The number of thioether (sulfide) groups is 1. The predicted molar refractivity (Wildman–Crippen MR) is 139 cm³/mol. The quantitative estimate of drug-likeness (QED) is 0.208. The molecule has 34 heavy (non-hydrogen) atoms. The van der Waals surface area contributed by atoms with E-state index in [2.05, 4.69) is 55.2 Å². The van der Waals surface area contributed by atoms with Crippen LogP contribution in [0.3, 0.4) is 0 Å². The molecule has 0 atom stereocenters. The average Bonchev–Trinajstić information content (AvgIpc) is 3.26. The van der Waals surface area contributed by atoms with Crippen molar-refractivity contribution in [2.75, 3.05) is 12.9 Å². The third-order valence-electron chi connectivity index (χ3n) is 5.48. The minimum atomic E-state index is -0.0593. The maximum atomic E-state index is 12.8. The molecular weight excluding hydrogens is 466 g/mol. The molecule has 4 aromatic rings.